The van der Waals surface area contributed by atoms with Crippen molar-refractivity contribution in [2.24, 2.45) is 0 Å². The number of anilines is 1. The monoisotopic (exact) mass is 353 g/mol. The summed E-state index contributed by atoms with van der Waals surface area (Å²) < 4.78 is 21.1. The summed E-state index contributed by atoms with van der Waals surface area (Å²) >= 11 is 0. The summed E-state index contributed by atoms with van der Waals surface area (Å²) in [5.41, 5.74) is 0.338. The van der Waals surface area contributed by atoms with Crippen molar-refractivity contribution >= 4 is 30.3 Å². The Kier molecular flexibility index (Phi) is 5.62. The van der Waals surface area contributed by atoms with Crippen LogP contribution in [0.3, 0.4) is 0 Å². The van der Waals surface area contributed by atoms with Gasteiger partial charge >= 0.3 is 13.8 Å². The summed E-state index contributed by atoms with van der Waals surface area (Å²) in [4.78, 5) is 30.5. The van der Waals surface area contributed by atoms with Crippen LogP contribution in [0.15, 0.2) is 42.5 Å². The van der Waals surface area contributed by atoms with Crippen LogP contribution in [0.4, 0.5) is 5.69 Å². The van der Waals surface area contributed by atoms with E-state index in [4.69, 9.17) is 9.36 Å². The Morgan fingerprint density at radius 1 is 1.08 bits per heavy atom. The molecule has 0 aliphatic carbocycles. The lowest BCUT2D eigenvalue weighted by molar-refractivity contribution is -0.149. The molecule has 24 heavy (non-hydrogen) atoms. The lowest BCUT2D eigenvalue weighted by Gasteiger charge is -2.29. The second-order valence-corrected chi connectivity index (χ2v) is 6.74. The molecule has 0 amide bonds. The number of ether oxygens (including phenoxy) is 1. The molecule has 2 aromatic carbocycles. The van der Waals surface area contributed by atoms with Crippen molar-refractivity contribution in [3.8, 4) is 0 Å². The zero-order chi connectivity index (χ0) is 17.9. The van der Waals surface area contributed by atoms with Crippen LogP contribution in [-0.2, 0) is 18.7 Å². The summed E-state index contributed by atoms with van der Waals surface area (Å²) in [6, 6.07) is 11.5. The highest BCUT2D eigenvalue weighted by molar-refractivity contribution is 7.46. The summed E-state index contributed by atoms with van der Waals surface area (Å²) in [7, 11) is -4.86. The first-order valence-electron chi connectivity index (χ1n) is 7.41. The molecule has 0 heterocycles. The number of phosphoric acid groups is 1. The molecule has 2 N–H and O–H groups in total. The molecule has 7 nitrogen and oxygen atoms in total. The van der Waals surface area contributed by atoms with Crippen LogP contribution in [0.1, 0.15) is 20.8 Å². The minimum Gasteiger partial charge on any atom is -0.461 e. The average molecular weight is 353 g/mol. The minimum absolute atomic E-state index is 0.338. The van der Waals surface area contributed by atoms with Crippen LogP contribution in [-0.4, -0.2) is 27.9 Å². The van der Waals surface area contributed by atoms with Gasteiger partial charge in [-0.2, -0.15) is 4.62 Å². The number of esters is 1. The van der Waals surface area contributed by atoms with Crippen molar-refractivity contribution in [1.82, 2.24) is 0 Å². The molecule has 0 unspecified atom stereocenters. The normalized spacial score (nSPS) is 13.1. The fourth-order valence-electron chi connectivity index (χ4n) is 2.20. The van der Waals surface area contributed by atoms with E-state index in [9.17, 15) is 19.1 Å². The molecule has 0 spiro atoms. The highest BCUT2D eigenvalue weighted by atomic mass is 31.2. The van der Waals surface area contributed by atoms with E-state index in [0.29, 0.717) is 5.69 Å². The second kappa shape index (κ2) is 7.32. The molecular formula is C16H20NO6P. The fourth-order valence-corrected chi connectivity index (χ4v) is 2.66. The zero-order valence-corrected chi connectivity index (χ0v) is 14.5. The Bertz CT molecular complexity index is 772. The van der Waals surface area contributed by atoms with E-state index in [-0.39, 0.29) is 6.10 Å². The van der Waals surface area contributed by atoms with Crippen molar-refractivity contribution in [2.75, 3.05) is 5.06 Å². The summed E-state index contributed by atoms with van der Waals surface area (Å²) in [5.74, 6) is -0.647. The van der Waals surface area contributed by atoms with E-state index >= 15 is 0 Å². The molecule has 2 rings (SSSR count). The van der Waals surface area contributed by atoms with Crippen LogP contribution in [0, 0.1) is 0 Å². The molecule has 0 bridgehead atoms. The van der Waals surface area contributed by atoms with Gasteiger partial charge in [0.2, 0.25) is 0 Å². The quantitative estimate of drug-likeness (QED) is 0.468. The Balaban J connectivity index is 2.40. The Morgan fingerprint density at radius 2 is 1.71 bits per heavy atom. The maximum Gasteiger partial charge on any atom is 0.491 e. The molecule has 0 saturated carbocycles. The van der Waals surface area contributed by atoms with E-state index < -0.39 is 19.8 Å². The Morgan fingerprint density at radius 3 is 2.29 bits per heavy atom. The number of nitrogens with zero attached hydrogens (tertiary/aromatic N) is 1. The third-order valence-corrected chi connectivity index (χ3v) is 3.62. The topological polar surface area (TPSA) is 96.3 Å². The number of hydroxylamine groups is 1. The van der Waals surface area contributed by atoms with Crippen molar-refractivity contribution in [2.45, 2.75) is 32.9 Å². The molecule has 2 aromatic rings. The molecule has 1 atom stereocenters. The van der Waals surface area contributed by atoms with E-state index in [0.717, 1.165) is 15.8 Å². The highest BCUT2D eigenvalue weighted by Crippen LogP contribution is 2.40. The van der Waals surface area contributed by atoms with Gasteiger partial charge in [-0.3, -0.25) is 0 Å². The molecule has 130 valence electrons. The SMILES string of the molecule is CC(C)OC(=O)[C@H](C)N(OP(=O)(O)O)c1ccc2ccccc2c1. The van der Waals surface area contributed by atoms with E-state index in [1.807, 2.05) is 24.3 Å². The third kappa shape index (κ3) is 4.79. The molecular weight excluding hydrogens is 333 g/mol. The van der Waals surface area contributed by atoms with E-state index in [2.05, 4.69) is 0 Å². The van der Waals surface area contributed by atoms with Gasteiger partial charge in [-0.25, -0.2) is 14.4 Å². The van der Waals surface area contributed by atoms with Crippen molar-refractivity contribution < 1.29 is 28.5 Å². The predicted molar refractivity (Wildman–Crippen MR) is 90.2 cm³/mol. The van der Waals surface area contributed by atoms with Gasteiger partial charge in [-0.15, -0.1) is 0 Å². The predicted octanol–water partition coefficient (Wildman–Crippen LogP) is 3.01. The first kappa shape index (κ1) is 18.4. The minimum atomic E-state index is -4.86. The molecule has 0 aliphatic heterocycles. The van der Waals surface area contributed by atoms with Crippen LogP contribution < -0.4 is 5.06 Å². The van der Waals surface area contributed by atoms with Crippen LogP contribution >= 0.6 is 7.82 Å². The molecule has 0 fully saturated rings. The van der Waals surface area contributed by atoms with Gasteiger partial charge < -0.3 is 14.5 Å². The second-order valence-electron chi connectivity index (χ2n) is 5.59. The Hall–Kier alpha value is -1.92. The van der Waals surface area contributed by atoms with Gasteiger partial charge in [0.25, 0.3) is 0 Å². The van der Waals surface area contributed by atoms with Crippen LogP contribution in [0.2, 0.25) is 0 Å². The number of hydrogen-bond acceptors (Lipinski definition) is 5. The van der Waals surface area contributed by atoms with Gasteiger partial charge in [-0.1, -0.05) is 30.3 Å². The molecule has 0 aromatic heterocycles. The van der Waals surface area contributed by atoms with Gasteiger partial charge in [0.15, 0.2) is 6.04 Å². The largest absolute Gasteiger partial charge is 0.491 e. The van der Waals surface area contributed by atoms with Crippen LogP contribution in [0.5, 0.6) is 0 Å². The summed E-state index contributed by atoms with van der Waals surface area (Å²) in [6.45, 7) is 4.83. The number of hydrogen-bond donors (Lipinski definition) is 2. The maximum atomic E-state index is 12.1. The van der Waals surface area contributed by atoms with Crippen molar-refractivity contribution in [3.05, 3.63) is 42.5 Å². The molecule has 0 radical (unpaired) electrons. The van der Waals surface area contributed by atoms with E-state index in [1.165, 1.54) is 6.92 Å². The third-order valence-electron chi connectivity index (χ3n) is 3.23. The van der Waals surface area contributed by atoms with Gasteiger partial charge in [0.1, 0.15) is 0 Å². The van der Waals surface area contributed by atoms with E-state index in [1.54, 1.807) is 32.0 Å². The molecule has 8 heteroatoms. The number of fused-ring (bicyclic) bond motifs is 1. The number of benzene rings is 2. The maximum absolute atomic E-state index is 12.1. The molecule has 0 saturated heterocycles. The summed E-state index contributed by atoms with van der Waals surface area (Å²) in [5, 5.41) is 2.69. The number of carbonyl (C=O) groups excluding carboxylic acids is 1. The number of carbonyl (C=O) groups is 1. The summed E-state index contributed by atoms with van der Waals surface area (Å²) in [6.07, 6.45) is -0.353. The number of rotatable bonds is 6. The first-order chi connectivity index (χ1) is 11.2. The van der Waals surface area contributed by atoms with Crippen molar-refractivity contribution in [1.29, 1.82) is 0 Å². The van der Waals surface area contributed by atoms with Gasteiger partial charge in [0.05, 0.1) is 11.8 Å². The Labute approximate surface area is 140 Å². The standard InChI is InChI=1S/C16H20NO6P/c1-11(2)22-16(18)12(3)17(23-24(19,20)21)15-9-8-13-6-4-5-7-14(13)10-15/h4-12H,1-3H3,(H2,19,20,21)/t12-/m0/s1. The van der Waals surface area contributed by atoms with Crippen molar-refractivity contribution in [3.63, 3.8) is 0 Å². The smallest absolute Gasteiger partial charge is 0.461 e. The van der Waals surface area contributed by atoms with Gasteiger partial charge in [0, 0.05) is 0 Å². The van der Waals surface area contributed by atoms with Gasteiger partial charge in [-0.05, 0) is 43.7 Å². The highest BCUT2D eigenvalue weighted by Gasteiger charge is 2.31. The molecule has 0 aliphatic rings. The lowest BCUT2D eigenvalue weighted by Crippen LogP contribution is -2.40. The fraction of sp³-hybridized carbons (Fsp3) is 0.312. The first-order valence-corrected chi connectivity index (χ1v) is 8.94. The lowest BCUT2D eigenvalue weighted by atomic mass is 10.1. The average Bonchev–Trinajstić information content (AvgIpc) is 2.50. The van der Waals surface area contributed by atoms with Crippen LogP contribution in [0.25, 0.3) is 10.8 Å². The zero-order valence-electron chi connectivity index (χ0n) is 13.6.